The Morgan fingerprint density at radius 1 is 0.987 bits per heavy atom. The molecule has 19 heteroatoms. The Bertz CT molecular complexity index is 3360. The summed E-state index contributed by atoms with van der Waals surface area (Å²) in [5.41, 5.74) is 6.75. The number of hydrogen-bond acceptors (Lipinski definition) is 16. The van der Waals surface area contributed by atoms with E-state index in [-0.39, 0.29) is 65.1 Å². The molecule has 0 radical (unpaired) electrons. The van der Waals surface area contributed by atoms with Gasteiger partial charge in [0, 0.05) is 81.0 Å². The number of likely N-dealkylation sites (tertiary alicyclic amines) is 2. The van der Waals surface area contributed by atoms with Crippen molar-refractivity contribution in [3.05, 3.63) is 101 Å². The number of aliphatic hydroxyl groups excluding tert-OH is 1. The van der Waals surface area contributed by atoms with Crippen molar-refractivity contribution in [2.24, 2.45) is 11.3 Å². The first-order valence-corrected chi connectivity index (χ1v) is 28.6. The molecular formula is C59H68FN11O6S. The normalized spacial score (nSPS) is 21.9. The summed E-state index contributed by atoms with van der Waals surface area (Å²) in [4.78, 5) is 56.5. The van der Waals surface area contributed by atoms with Crippen molar-refractivity contribution in [2.45, 2.75) is 109 Å². The number of halogens is 1. The monoisotopic (exact) mass is 1080 g/mol. The second-order valence-electron chi connectivity index (χ2n) is 22.8. The minimum atomic E-state index is -0.827. The number of aliphatic hydroxyl groups is 1. The Balaban J connectivity index is 0.674. The molecular weight excluding hydrogens is 1010 g/mol. The van der Waals surface area contributed by atoms with E-state index in [2.05, 4.69) is 42.4 Å². The number of carbonyl (C=O) groups is 2. The van der Waals surface area contributed by atoms with Crippen molar-refractivity contribution < 1.29 is 33.5 Å². The number of ether oxygens (including phenoxy) is 1. The number of hydrogen-bond donors (Lipinski definition) is 4. The van der Waals surface area contributed by atoms with Gasteiger partial charge in [0.1, 0.15) is 41.3 Å². The summed E-state index contributed by atoms with van der Waals surface area (Å²) in [6.45, 7) is 15.8. The maximum Gasteiger partial charge on any atom is 0.319 e. The number of β-amino-alcohol motifs (C(OH)–C–C–N with tert-alkyl or cyclic N) is 1. The lowest BCUT2D eigenvalue weighted by Gasteiger charge is -2.54. The van der Waals surface area contributed by atoms with Crippen LogP contribution in [0.3, 0.4) is 0 Å². The molecule has 5 fully saturated rings. The Morgan fingerprint density at radius 2 is 1.76 bits per heavy atom. The van der Waals surface area contributed by atoms with Gasteiger partial charge in [-0.2, -0.15) is 9.97 Å². The van der Waals surface area contributed by atoms with E-state index < -0.39 is 23.9 Å². The van der Waals surface area contributed by atoms with Crippen LogP contribution in [0, 0.1) is 24.1 Å². The van der Waals surface area contributed by atoms with Crippen LogP contribution >= 0.6 is 11.3 Å². The molecule has 3 aromatic carbocycles. The molecule has 4 aromatic heterocycles. The average Bonchev–Trinajstić information content (AvgIpc) is 4.26. The van der Waals surface area contributed by atoms with Crippen molar-refractivity contribution in [3.8, 4) is 33.5 Å². The minimum absolute atomic E-state index is 0.0369. The van der Waals surface area contributed by atoms with Gasteiger partial charge < -0.3 is 44.8 Å². The smallest absolute Gasteiger partial charge is 0.319 e. The van der Waals surface area contributed by atoms with Gasteiger partial charge in [0.05, 0.1) is 33.6 Å². The van der Waals surface area contributed by atoms with Crippen molar-refractivity contribution in [2.75, 3.05) is 68.8 Å². The molecule has 0 saturated carbocycles. The van der Waals surface area contributed by atoms with Crippen molar-refractivity contribution in [3.63, 3.8) is 0 Å². The van der Waals surface area contributed by atoms with Crippen LogP contribution in [0.15, 0.2) is 76.9 Å². The molecule has 12 rings (SSSR count). The number of phenols is 1. The number of phenolic OH excluding ortho intramolecular Hbond substituents is 1. The number of thiazole rings is 1. The van der Waals surface area contributed by atoms with Gasteiger partial charge in [0.15, 0.2) is 17.4 Å². The molecule has 9 heterocycles. The van der Waals surface area contributed by atoms with Crippen LogP contribution in [0.5, 0.6) is 11.8 Å². The number of carbonyl (C=O) groups excluding carboxylic acids is 2. The maximum atomic E-state index is 17.1. The third-order valence-corrected chi connectivity index (χ3v) is 18.2. The Labute approximate surface area is 457 Å². The molecule has 0 aliphatic carbocycles. The molecule has 7 aromatic rings. The zero-order valence-corrected chi connectivity index (χ0v) is 45.7. The van der Waals surface area contributed by atoms with Gasteiger partial charge in [-0.25, -0.2) is 9.37 Å². The van der Waals surface area contributed by atoms with Crippen molar-refractivity contribution in [1.82, 2.24) is 45.5 Å². The number of nitrogens with zero attached hydrogens (tertiary/aromatic N) is 9. The first-order chi connectivity index (χ1) is 37.7. The molecule has 5 saturated heterocycles. The topological polar surface area (TPSA) is 198 Å². The predicted molar refractivity (Wildman–Crippen MR) is 298 cm³/mol. The highest BCUT2D eigenvalue weighted by molar-refractivity contribution is 7.13. The van der Waals surface area contributed by atoms with E-state index in [0.717, 1.165) is 109 Å². The first kappa shape index (κ1) is 51.9. The van der Waals surface area contributed by atoms with Crippen LogP contribution in [0.4, 0.5) is 16.0 Å². The molecule has 5 aliphatic rings. The van der Waals surface area contributed by atoms with Crippen molar-refractivity contribution in [1.29, 1.82) is 0 Å². The molecule has 4 N–H and O–H groups in total. The highest BCUT2D eigenvalue weighted by Crippen LogP contribution is 2.44. The fourth-order valence-corrected chi connectivity index (χ4v) is 13.7. The number of aryl methyl sites for hydroxylation is 2. The van der Waals surface area contributed by atoms with E-state index in [0.29, 0.717) is 53.6 Å². The summed E-state index contributed by atoms with van der Waals surface area (Å²) in [6, 6.07) is 18.7. The Morgan fingerprint density at radius 3 is 2.47 bits per heavy atom. The highest BCUT2D eigenvalue weighted by atomic mass is 32.1. The van der Waals surface area contributed by atoms with Crippen LogP contribution in [-0.2, 0) is 16.0 Å². The van der Waals surface area contributed by atoms with Gasteiger partial charge in [-0.3, -0.25) is 19.5 Å². The van der Waals surface area contributed by atoms with E-state index in [1.165, 1.54) is 4.90 Å². The zero-order chi connectivity index (χ0) is 54.0. The fraction of sp³-hybridized carbons (Fsp3) is 0.475. The van der Waals surface area contributed by atoms with E-state index in [1.807, 2.05) is 81.7 Å². The molecule has 1 spiro atoms. The number of nitrogens with one attached hydrogen (secondary N) is 2. The number of amides is 2. The van der Waals surface area contributed by atoms with Gasteiger partial charge in [-0.1, -0.05) is 68.4 Å². The van der Waals surface area contributed by atoms with Crippen LogP contribution in [0.25, 0.3) is 43.4 Å². The molecule has 78 heavy (non-hydrogen) atoms. The van der Waals surface area contributed by atoms with E-state index >= 15 is 4.39 Å². The van der Waals surface area contributed by atoms with Gasteiger partial charge >= 0.3 is 6.01 Å². The molecule has 2 bridgehead atoms. The number of aromatic hydroxyl groups is 1. The average molecular weight is 1080 g/mol. The third-order valence-electron chi connectivity index (χ3n) is 17.2. The lowest BCUT2D eigenvalue weighted by Crippen LogP contribution is -2.60. The molecule has 6 atom stereocenters. The lowest BCUT2D eigenvalue weighted by atomic mass is 9.72. The summed E-state index contributed by atoms with van der Waals surface area (Å²) >= 11 is 1.59. The first-order valence-electron chi connectivity index (χ1n) is 27.7. The summed E-state index contributed by atoms with van der Waals surface area (Å²) < 4.78 is 29.4. The summed E-state index contributed by atoms with van der Waals surface area (Å²) in [6.07, 6.45) is 5.87. The van der Waals surface area contributed by atoms with Crippen molar-refractivity contribution >= 4 is 56.5 Å². The number of pyridine rings is 1. The number of benzene rings is 3. The molecule has 2 amide bonds. The standard InChI is InChI=1S/C59H68FN11O6S/c1-6-36-8-7-9-39-22-42(72)23-44(50(36)39)52-51(60)53-45(26-61-52)55(69-27-40-14-15-41(28-69)64-40)66-58(65-53)76-21-20-68-18-16-59(17-19-68)30-70(31-59)48-25-47(77-67-48)49(33(2)3)57(75)71-29-43(73)24-46(71)56(74)63-34(4)37-10-12-38(13-11-37)54-35(5)62-32-78-54/h7-13,22-23,25-26,32-34,40-41,43,46,49,64,72-73H,6,14-21,24,27-31H2,1-5H3,(H,63,74)/t34-,40?,41?,43+,46-,49-/m0/s1. The van der Waals surface area contributed by atoms with Gasteiger partial charge in [-0.15, -0.1) is 11.3 Å². The largest absolute Gasteiger partial charge is 0.508 e. The number of anilines is 2. The lowest BCUT2D eigenvalue weighted by molar-refractivity contribution is -0.141. The number of rotatable bonds is 15. The summed E-state index contributed by atoms with van der Waals surface area (Å²) in [5.74, 6) is -0.205. The second-order valence-corrected chi connectivity index (χ2v) is 23.6. The number of fused-ring (bicyclic) bond motifs is 4. The molecule has 2 unspecified atom stereocenters. The number of piperidine rings is 1. The highest BCUT2D eigenvalue weighted by Gasteiger charge is 2.47. The maximum absolute atomic E-state index is 17.1. The van der Waals surface area contributed by atoms with Crippen LogP contribution in [0.1, 0.15) is 94.3 Å². The Kier molecular flexibility index (Phi) is 14.1. The van der Waals surface area contributed by atoms with Gasteiger partial charge in [-0.05, 0) is 105 Å². The van der Waals surface area contributed by atoms with Gasteiger partial charge in [0.25, 0.3) is 0 Å². The summed E-state index contributed by atoms with van der Waals surface area (Å²) in [7, 11) is 0. The zero-order valence-electron chi connectivity index (χ0n) is 44.9. The van der Waals surface area contributed by atoms with Crippen LogP contribution < -0.4 is 25.2 Å². The summed E-state index contributed by atoms with van der Waals surface area (Å²) in [5, 5.41) is 35.0. The van der Waals surface area contributed by atoms with Crippen LogP contribution in [0.2, 0.25) is 0 Å². The molecule has 408 valence electrons. The number of aromatic nitrogens is 5. The fourth-order valence-electron chi connectivity index (χ4n) is 12.9. The van der Waals surface area contributed by atoms with Gasteiger partial charge in [0.2, 0.25) is 11.8 Å². The van der Waals surface area contributed by atoms with E-state index in [9.17, 15) is 19.8 Å². The third kappa shape index (κ3) is 9.91. The molecule has 17 nitrogen and oxygen atoms in total. The molecule has 5 aliphatic heterocycles. The number of piperazine rings is 1. The van der Waals surface area contributed by atoms with Crippen LogP contribution in [-0.4, -0.2) is 140 Å². The quantitative estimate of drug-likeness (QED) is 0.0766. The van der Waals surface area contributed by atoms with E-state index in [1.54, 1.807) is 29.7 Å². The second kappa shape index (κ2) is 21.1. The van der Waals surface area contributed by atoms with E-state index in [4.69, 9.17) is 24.2 Å². The SMILES string of the molecule is CCc1cccc2cc(O)cc(-c3ncc4c(N5CC6CCC(C5)N6)nc(OCCN5CCC6(CC5)CN(c5cc([C@@H](C(=O)N7C[C@H](O)C[C@H]7C(=O)N[C@@H](C)c7ccc(-c8scnc8C)cc7)C(C)C)on5)C6)nc4c3F)c12. The minimum Gasteiger partial charge on any atom is -0.508 e. The Hall–Kier alpha value is -6.80. The predicted octanol–water partition coefficient (Wildman–Crippen LogP) is 8.17.